The van der Waals surface area contributed by atoms with E-state index in [2.05, 4.69) is 37.0 Å². The van der Waals surface area contributed by atoms with Crippen molar-refractivity contribution in [2.75, 3.05) is 18.0 Å². The van der Waals surface area contributed by atoms with Gasteiger partial charge in [-0.1, -0.05) is 11.3 Å². The molecule has 1 spiro atoms. The summed E-state index contributed by atoms with van der Waals surface area (Å²) in [5.41, 5.74) is 1.16. The summed E-state index contributed by atoms with van der Waals surface area (Å²) in [5.74, 6) is 0.440. The maximum atomic E-state index is 13.5. The van der Waals surface area contributed by atoms with Crippen LogP contribution in [0.5, 0.6) is 0 Å². The maximum Gasteiger partial charge on any atom is 0.291 e. The first-order valence-electron chi connectivity index (χ1n) is 12.0. The molecule has 2 aromatic heterocycles. The largest absolute Gasteiger partial charge is 0.364 e. The molecule has 0 radical (unpaired) electrons. The van der Waals surface area contributed by atoms with Gasteiger partial charge in [0.25, 0.3) is 6.43 Å². The third kappa shape index (κ3) is 4.25. The van der Waals surface area contributed by atoms with E-state index in [1.165, 1.54) is 6.07 Å². The number of anilines is 1. The van der Waals surface area contributed by atoms with Gasteiger partial charge < -0.3 is 10.2 Å². The Hall–Kier alpha value is -2.35. The zero-order valence-electron chi connectivity index (χ0n) is 20.2. The second kappa shape index (κ2) is 8.07. The lowest BCUT2D eigenvalue weighted by molar-refractivity contribution is 0.150. The predicted octanol–water partition coefficient (Wildman–Crippen LogP) is 3.56. The fourth-order valence-corrected chi connectivity index (χ4v) is 6.96. The molecular weight excluding hydrogens is 508 g/mol. The third-order valence-corrected chi connectivity index (χ3v) is 9.88. The summed E-state index contributed by atoms with van der Waals surface area (Å²) in [5, 5.41) is 11.4. The van der Waals surface area contributed by atoms with E-state index in [0.29, 0.717) is 28.1 Å². The first-order valence-corrected chi connectivity index (χ1v) is 14.3. The van der Waals surface area contributed by atoms with Gasteiger partial charge in [0.05, 0.1) is 16.1 Å². The molecular formula is C23H27F2N7O2S2. The highest BCUT2D eigenvalue weighted by atomic mass is 32.2. The second-order valence-corrected chi connectivity index (χ2v) is 13.2. The van der Waals surface area contributed by atoms with Crippen molar-refractivity contribution in [1.29, 1.82) is 0 Å². The smallest absolute Gasteiger partial charge is 0.291 e. The van der Waals surface area contributed by atoms with Gasteiger partial charge in [-0.05, 0) is 58.6 Å². The van der Waals surface area contributed by atoms with Crippen LogP contribution in [0.15, 0.2) is 17.0 Å². The van der Waals surface area contributed by atoms with E-state index in [1.54, 1.807) is 13.0 Å². The molecule has 1 aromatic carbocycles. The fraction of sp³-hybridized carbons (Fsp3) is 0.565. The van der Waals surface area contributed by atoms with Crippen LogP contribution in [0, 0.1) is 6.92 Å². The molecule has 36 heavy (non-hydrogen) atoms. The molecule has 3 heterocycles. The highest BCUT2D eigenvalue weighted by molar-refractivity contribution is 7.89. The van der Waals surface area contributed by atoms with E-state index in [0.717, 1.165) is 50.1 Å². The molecule has 0 bridgehead atoms. The highest BCUT2D eigenvalue weighted by Gasteiger charge is 2.48. The van der Waals surface area contributed by atoms with Crippen LogP contribution >= 0.6 is 11.3 Å². The van der Waals surface area contributed by atoms with Gasteiger partial charge in [-0.2, -0.15) is 0 Å². The van der Waals surface area contributed by atoms with Crippen molar-refractivity contribution < 1.29 is 17.2 Å². The summed E-state index contributed by atoms with van der Waals surface area (Å²) in [6.07, 6.45) is 0.924. The van der Waals surface area contributed by atoms with Crippen LogP contribution in [0.25, 0.3) is 21.6 Å². The second-order valence-electron chi connectivity index (χ2n) is 10.5. The minimum atomic E-state index is -3.86. The summed E-state index contributed by atoms with van der Waals surface area (Å²) in [6, 6.07) is 3.32. The summed E-state index contributed by atoms with van der Waals surface area (Å²) in [4.78, 5) is 11.5. The Bertz CT molecular complexity index is 1470. The Labute approximate surface area is 211 Å². The standard InChI is InChI=1S/C23H27F2N7O2S2/c1-12-10-26-23(6-7-23)11-32(12)16-9-14(36(33,34)31-22(3)4-5-22)8-15-17(16)27-13(2)28-18(15)20-29-30-21(35-20)19(24)25/h8-9,12,19,26,31H,4-7,10-11H2,1-3H3/t12-/m1/s1. The van der Waals surface area contributed by atoms with Crippen LogP contribution < -0.4 is 14.9 Å². The Morgan fingerprint density at radius 2 is 1.94 bits per heavy atom. The zero-order chi connectivity index (χ0) is 25.5. The number of sulfonamides is 1. The average Bonchev–Trinajstić information content (AvgIpc) is 3.68. The quantitative estimate of drug-likeness (QED) is 0.493. The number of nitrogens with one attached hydrogen (secondary N) is 2. The van der Waals surface area contributed by atoms with Crippen LogP contribution in [0.1, 0.15) is 56.8 Å². The molecule has 6 rings (SSSR count). The molecule has 0 amide bonds. The Morgan fingerprint density at radius 1 is 1.19 bits per heavy atom. The summed E-state index contributed by atoms with van der Waals surface area (Å²) in [6.45, 7) is 7.19. The molecule has 3 aliphatic rings. The number of benzene rings is 1. The molecule has 3 aromatic rings. The lowest BCUT2D eigenvalue weighted by atomic mass is 10.0. The first kappa shape index (κ1) is 24.0. The number of nitrogens with zero attached hydrogens (tertiary/aromatic N) is 5. The van der Waals surface area contributed by atoms with Gasteiger partial charge in [-0.25, -0.2) is 31.9 Å². The molecule has 13 heteroatoms. The normalized spacial score (nSPS) is 22.5. The Morgan fingerprint density at radius 3 is 2.58 bits per heavy atom. The van der Waals surface area contributed by atoms with Crippen molar-refractivity contribution in [2.45, 2.75) is 74.9 Å². The SMILES string of the molecule is Cc1nc(-c2nnc(C(F)F)s2)c2cc(S(=O)(=O)NC3(C)CC3)cc(N3CC4(CC4)NC[C@H]3C)c2n1. The summed E-state index contributed by atoms with van der Waals surface area (Å²) >= 11 is 0.752. The average molecular weight is 536 g/mol. The number of fused-ring (bicyclic) bond motifs is 1. The van der Waals surface area contributed by atoms with Crippen LogP contribution in [-0.4, -0.2) is 58.8 Å². The van der Waals surface area contributed by atoms with Crippen molar-refractivity contribution in [3.63, 3.8) is 0 Å². The number of hydrogen-bond acceptors (Lipinski definition) is 9. The molecule has 192 valence electrons. The van der Waals surface area contributed by atoms with Crippen LogP contribution in [0.3, 0.4) is 0 Å². The summed E-state index contributed by atoms with van der Waals surface area (Å²) in [7, 11) is -3.86. The van der Waals surface area contributed by atoms with Crippen molar-refractivity contribution >= 4 is 38.0 Å². The van der Waals surface area contributed by atoms with Crippen molar-refractivity contribution in [3.8, 4) is 10.7 Å². The molecule has 1 atom stereocenters. The number of alkyl halides is 2. The maximum absolute atomic E-state index is 13.5. The number of rotatable bonds is 6. The Kier molecular flexibility index (Phi) is 5.38. The highest BCUT2D eigenvalue weighted by Crippen LogP contribution is 2.43. The molecule has 3 fully saturated rings. The van der Waals surface area contributed by atoms with E-state index in [-0.39, 0.29) is 21.5 Å². The van der Waals surface area contributed by atoms with Gasteiger partial charge >= 0.3 is 0 Å². The van der Waals surface area contributed by atoms with Gasteiger partial charge in [0.1, 0.15) is 11.5 Å². The topological polar surface area (TPSA) is 113 Å². The van der Waals surface area contributed by atoms with E-state index in [9.17, 15) is 17.2 Å². The number of hydrogen-bond donors (Lipinski definition) is 2. The van der Waals surface area contributed by atoms with Gasteiger partial charge in [0.15, 0.2) is 10.0 Å². The van der Waals surface area contributed by atoms with E-state index < -0.39 is 27.0 Å². The third-order valence-electron chi connectivity index (χ3n) is 7.33. The van der Waals surface area contributed by atoms with Crippen LogP contribution in [0.2, 0.25) is 0 Å². The van der Waals surface area contributed by atoms with Crippen LogP contribution in [0.4, 0.5) is 14.5 Å². The number of piperazine rings is 1. The van der Waals surface area contributed by atoms with E-state index >= 15 is 0 Å². The Balaban J connectivity index is 1.58. The number of aryl methyl sites for hydroxylation is 1. The molecule has 2 saturated carbocycles. The van der Waals surface area contributed by atoms with E-state index in [4.69, 9.17) is 4.98 Å². The molecule has 2 aliphatic carbocycles. The minimum Gasteiger partial charge on any atom is -0.364 e. The molecule has 1 saturated heterocycles. The molecule has 0 unspecified atom stereocenters. The van der Waals surface area contributed by atoms with Gasteiger partial charge in [0.2, 0.25) is 10.0 Å². The number of halogens is 2. The number of aromatic nitrogens is 4. The van der Waals surface area contributed by atoms with Crippen LogP contribution in [-0.2, 0) is 10.0 Å². The molecule has 1 aliphatic heterocycles. The molecule has 9 nitrogen and oxygen atoms in total. The first-order chi connectivity index (χ1) is 17.0. The van der Waals surface area contributed by atoms with Gasteiger partial charge in [-0.15, -0.1) is 10.2 Å². The van der Waals surface area contributed by atoms with Crippen molar-refractivity contribution in [1.82, 2.24) is 30.2 Å². The lowest BCUT2D eigenvalue weighted by Gasteiger charge is -2.41. The van der Waals surface area contributed by atoms with Gasteiger partial charge in [-0.3, -0.25) is 0 Å². The van der Waals surface area contributed by atoms with Crippen molar-refractivity contribution in [3.05, 3.63) is 23.0 Å². The van der Waals surface area contributed by atoms with Gasteiger partial charge in [0, 0.05) is 35.6 Å². The molecule has 2 N–H and O–H groups in total. The predicted molar refractivity (Wildman–Crippen MR) is 133 cm³/mol. The minimum absolute atomic E-state index is 0.0315. The summed E-state index contributed by atoms with van der Waals surface area (Å²) < 4.78 is 56.4. The lowest BCUT2D eigenvalue weighted by Crippen LogP contribution is -2.57. The monoisotopic (exact) mass is 535 g/mol. The van der Waals surface area contributed by atoms with E-state index in [1.807, 2.05) is 6.92 Å². The van der Waals surface area contributed by atoms with Crippen molar-refractivity contribution in [2.24, 2.45) is 0 Å². The zero-order valence-corrected chi connectivity index (χ0v) is 21.8. The fourth-order valence-electron chi connectivity index (χ4n) is 4.75.